The van der Waals surface area contributed by atoms with E-state index < -0.39 is 17.3 Å². The first kappa shape index (κ1) is 17.8. The summed E-state index contributed by atoms with van der Waals surface area (Å²) < 4.78 is 38.5. The molecule has 6 heteroatoms. The van der Waals surface area contributed by atoms with Gasteiger partial charge in [0.05, 0.1) is 11.1 Å². The third kappa shape index (κ3) is 4.05. The largest absolute Gasteiger partial charge is 0.416 e. The summed E-state index contributed by atoms with van der Waals surface area (Å²) in [6, 6.07) is 5.37. The molecule has 1 fully saturated rings. The molecule has 0 aromatic heterocycles. The molecule has 1 unspecified atom stereocenters. The van der Waals surface area contributed by atoms with Gasteiger partial charge in [0.15, 0.2) is 0 Å². The molecule has 128 valence electrons. The lowest BCUT2D eigenvalue weighted by molar-refractivity contribution is -0.137. The van der Waals surface area contributed by atoms with E-state index in [2.05, 4.69) is 5.32 Å². The molecule has 1 aromatic carbocycles. The van der Waals surface area contributed by atoms with Crippen LogP contribution in [0, 0.1) is 0 Å². The van der Waals surface area contributed by atoms with Gasteiger partial charge in [-0.25, -0.2) is 0 Å². The van der Waals surface area contributed by atoms with E-state index in [1.807, 2.05) is 6.92 Å². The molecule has 1 atom stereocenters. The third-order valence-corrected chi connectivity index (χ3v) is 4.53. The fourth-order valence-corrected chi connectivity index (χ4v) is 2.83. The van der Waals surface area contributed by atoms with E-state index >= 15 is 0 Å². The summed E-state index contributed by atoms with van der Waals surface area (Å²) in [6.45, 7) is 3.95. The lowest BCUT2D eigenvalue weighted by Crippen LogP contribution is -2.52. The van der Waals surface area contributed by atoms with Gasteiger partial charge in [0.1, 0.15) is 0 Å². The molecule has 0 aliphatic heterocycles. The highest BCUT2D eigenvalue weighted by molar-refractivity contribution is 5.85. The van der Waals surface area contributed by atoms with Crippen LogP contribution in [0.15, 0.2) is 24.3 Å². The molecule has 1 amide bonds. The minimum absolute atomic E-state index is 0.252. The Morgan fingerprint density at radius 3 is 2.52 bits per heavy atom. The van der Waals surface area contributed by atoms with Gasteiger partial charge in [0, 0.05) is 12.0 Å². The second-order valence-electron chi connectivity index (χ2n) is 6.71. The smallest absolute Gasteiger partial charge is 0.354 e. The van der Waals surface area contributed by atoms with Crippen LogP contribution in [0.4, 0.5) is 13.2 Å². The fourth-order valence-electron chi connectivity index (χ4n) is 2.83. The standard InChI is InChI=1S/C17H23F3N2O/c1-3-7-15(2,21)14(23)22-11-16(8-9-16)12-5-4-6-13(10-12)17(18,19)20/h4-6,10H,3,7-9,11,21H2,1-2H3,(H,22,23). The van der Waals surface area contributed by atoms with Crippen molar-refractivity contribution in [2.24, 2.45) is 5.73 Å². The number of carbonyl (C=O) groups is 1. The number of halogens is 3. The molecule has 1 aliphatic rings. The first-order valence-electron chi connectivity index (χ1n) is 7.86. The summed E-state index contributed by atoms with van der Waals surface area (Å²) in [6.07, 6.45) is -1.46. The van der Waals surface area contributed by atoms with E-state index in [-0.39, 0.29) is 11.3 Å². The number of nitrogens with two attached hydrogens (primary N) is 1. The van der Waals surface area contributed by atoms with Gasteiger partial charge in [-0.2, -0.15) is 13.2 Å². The molecular formula is C17H23F3N2O. The molecule has 0 bridgehead atoms. The molecule has 0 spiro atoms. The molecule has 0 saturated heterocycles. The molecule has 0 radical (unpaired) electrons. The Morgan fingerprint density at radius 1 is 1.35 bits per heavy atom. The fraction of sp³-hybridized carbons (Fsp3) is 0.588. The third-order valence-electron chi connectivity index (χ3n) is 4.53. The van der Waals surface area contributed by atoms with Crippen LogP contribution in [-0.4, -0.2) is 18.0 Å². The van der Waals surface area contributed by atoms with Crippen molar-refractivity contribution in [3.05, 3.63) is 35.4 Å². The van der Waals surface area contributed by atoms with Gasteiger partial charge in [-0.1, -0.05) is 31.5 Å². The Labute approximate surface area is 134 Å². The average Bonchev–Trinajstić information content (AvgIpc) is 3.25. The van der Waals surface area contributed by atoms with E-state index in [0.717, 1.165) is 25.3 Å². The Morgan fingerprint density at radius 2 is 2.00 bits per heavy atom. The van der Waals surface area contributed by atoms with E-state index in [0.29, 0.717) is 18.5 Å². The molecule has 1 aromatic rings. The molecule has 0 heterocycles. The number of hydrogen-bond acceptors (Lipinski definition) is 2. The number of alkyl halides is 3. The first-order chi connectivity index (χ1) is 10.6. The van der Waals surface area contributed by atoms with Crippen LogP contribution < -0.4 is 11.1 Å². The predicted molar refractivity (Wildman–Crippen MR) is 82.9 cm³/mol. The molecular weight excluding hydrogens is 305 g/mol. The maximum Gasteiger partial charge on any atom is 0.416 e. The Kier molecular flexibility index (Phi) is 4.76. The highest BCUT2D eigenvalue weighted by Crippen LogP contribution is 2.48. The number of carbonyl (C=O) groups excluding carboxylic acids is 1. The van der Waals surface area contributed by atoms with Crippen molar-refractivity contribution < 1.29 is 18.0 Å². The second-order valence-corrected chi connectivity index (χ2v) is 6.71. The van der Waals surface area contributed by atoms with Crippen LogP contribution in [-0.2, 0) is 16.4 Å². The predicted octanol–water partition coefficient (Wildman–Crippen LogP) is 3.37. The van der Waals surface area contributed by atoms with Crippen LogP contribution in [0.25, 0.3) is 0 Å². The molecule has 1 aliphatic carbocycles. The summed E-state index contributed by atoms with van der Waals surface area (Å²) in [5.74, 6) is -0.252. The van der Waals surface area contributed by atoms with E-state index in [9.17, 15) is 18.0 Å². The Hall–Kier alpha value is -1.56. The zero-order valence-corrected chi connectivity index (χ0v) is 13.5. The van der Waals surface area contributed by atoms with Gasteiger partial charge in [-0.15, -0.1) is 0 Å². The van der Waals surface area contributed by atoms with Crippen LogP contribution in [0.2, 0.25) is 0 Å². The van der Waals surface area contributed by atoms with Gasteiger partial charge in [0.25, 0.3) is 0 Å². The minimum atomic E-state index is -4.35. The van der Waals surface area contributed by atoms with Crippen molar-refractivity contribution in [1.29, 1.82) is 0 Å². The van der Waals surface area contributed by atoms with Crippen molar-refractivity contribution in [3.8, 4) is 0 Å². The first-order valence-corrected chi connectivity index (χ1v) is 7.86. The summed E-state index contributed by atoms with van der Waals surface area (Å²) in [7, 11) is 0. The molecule has 2 rings (SSSR count). The highest BCUT2D eigenvalue weighted by atomic mass is 19.4. The van der Waals surface area contributed by atoms with Crippen molar-refractivity contribution in [3.63, 3.8) is 0 Å². The Balaban J connectivity index is 2.08. The SMILES string of the molecule is CCCC(C)(N)C(=O)NCC1(c2cccc(C(F)(F)F)c2)CC1. The number of hydrogen-bond donors (Lipinski definition) is 2. The van der Waals surface area contributed by atoms with Gasteiger partial charge in [-0.3, -0.25) is 4.79 Å². The molecule has 3 N–H and O–H groups in total. The normalized spacial score (nSPS) is 19.0. The highest BCUT2D eigenvalue weighted by Gasteiger charge is 2.46. The van der Waals surface area contributed by atoms with Crippen LogP contribution in [0.1, 0.15) is 50.7 Å². The van der Waals surface area contributed by atoms with Crippen LogP contribution in [0.5, 0.6) is 0 Å². The minimum Gasteiger partial charge on any atom is -0.354 e. The molecule has 3 nitrogen and oxygen atoms in total. The average molecular weight is 328 g/mol. The lowest BCUT2D eigenvalue weighted by atomic mass is 9.92. The van der Waals surface area contributed by atoms with Crippen molar-refractivity contribution in [2.75, 3.05) is 6.54 Å². The zero-order chi connectivity index (χ0) is 17.3. The van der Waals surface area contributed by atoms with Crippen molar-refractivity contribution >= 4 is 5.91 Å². The van der Waals surface area contributed by atoms with Crippen LogP contribution >= 0.6 is 0 Å². The summed E-state index contributed by atoms with van der Waals surface area (Å²) in [5.41, 5.74) is 4.62. The number of amides is 1. The van der Waals surface area contributed by atoms with E-state index in [4.69, 9.17) is 5.73 Å². The van der Waals surface area contributed by atoms with E-state index in [1.54, 1.807) is 13.0 Å². The number of nitrogens with one attached hydrogen (secondary N) is 1. The lowest BCUT2D eigenvalue weighted by Gasteiger charge is -2.25. The summed E-state index contributed by atoms with van der Waals surface area (Å²) in [5, 5.41) is 2.82. The van der Waals surface area contributed by atoms with E-state index in [1.165, 1.54) is 12.1 Å². The zero-order valence-electron chi connectivity index (χ0n) is 13.5. The van der Waals surface area contributed by atoms with Crippen molar-refractivity contribution in [1.82, 2.24) is 5.32 Å². The number of benzene rings is 1. The van der Waals surface area contributed by atoms with Gasteiger partial charge < -0.3 is 11.1 Å². The monoisotopic (exact) mass is 328 g/mol. The quantitative estimate of drug-likeness (QED) is 0.841. The maximum atomic E-state index is 12.8. The maximum absolute atomic E-state index is 12.8. The molecule has 1 saturated carbocycles. The summed E-state index contributed by atoms with van der Waals surface area (Å²) >= 11 is 0. The summed E-state index contributed by atoms with van der Waals surface area (Å²) in [4.78, 5) is 12.2. The topological polar surface area (TPSA) is 55.1 Å². The Bertz CT molecular complexity index is 577. The van der Waals surface area contributed by atoms with Crippen molar-refractivity contribution in [2.45, 2.75) is 56.7 Å². The molecule has 23 heavy (non-hydrogen) atoms. The second kappa shape index (κ2) is 6.15. The van der Waals surface area contributed by atoms with Crippen LogP contribution in [0.3, 0.4) is 0 Å². The number of rotatable bonds is 6. The van der Waals surface area contributed by atoms with Gasteiger partial charge in [-0.05, 0) is 37.8 Å². The van der Waals surface area contributed by atoms with Gasteiger partial charge in [0.2, 0.25) is 5.91 Å². The van der Waals surface area contributed by atoms with Gasteiger partial charge >= 0.3 is 6.18 Å².